The Hall–Kier alpha value is -1.40. The van der Waals surface area contributed by atoms with Gasteiger partial charge in [0.2, 0.25) is 5.91 Å². The molecule has 1 saturated heterocycles. The predicted octanol–water partition coefficient (Wildman–Crippen LogP) is 0.556. The zero-order valence-electron chi connectivity index (χ0n) is 12.1. The Morgan fingerprint density at radius 3 is 2.38 bits per heavy atom. The van der Waals surface area contributed by atoms with Crippen LogP contribution in [0, 0.1) is 5.92 Å². The highest BCUT2D eigenvalue weighted by Gasteiger charge is 2.31. The number of carbonyl (C=O) groups is 2. The van der Waals surface area contributed by atoms with E-state index in [1.165, 1.54) is 4.90 Å². The average molecular weight is 355 g/mol. The molecule has 1 fully saturated rings. The number of rotatable bonds is 4. The van der Waals surface area contributed by atoms with Crippen LogP contribution in [0.25, 0.3) is 0 Å². The summed E-state index contributed by atoms with van der Waals surface area (Å²) in [7, 11) is 0. The molecule has 1 aliphatic rings. The van der Waals surface area contributed by atoms with E-state index in [0.29, 0.717) is 0 Å². The second-order valence-corrected chi connectivity index (χ2v) is 6.47. The minimum atomic E-state index is -0.221. The molecule has 0 spiro atoms. The van der Waals surface area contributed by atoms with Gasteiger partial charge in [-0.1, -0.05) is 15.9 Å². The van der Waals surface area contributed by atoms with Crippen LogP contribution in [0.3, 0.4) is 0 Å². The number of carbonyl (C=O) groups excluding carboxylic acids is 2. The monoisotopic (exact) mass is 354 g/mol. The van der Waals surface area contributed by atoms with E-state index in [9.17, 15) is 9.59 Å². The molecule has 0 saturated carbocycles. The van der Waals surface area contributed by atoms with Crippen LogP contribution in [-0.4, -0.2) is 30.9 Å². The molecule has 1 heterocycles. The standard InChI is InChI=1S/C15H20BrN3O2/c1-10(19-8-6-11(7-9-19)14(17)20)15(21)18-13-4-2-12(16)3-5-13/h2-5,10-11H,6-9H2,1H3,(H2,17,20)(H,18,21)/p+1/t10-/m0/s1. The number of quaternary nitrogens is 1. The molecule has 0 bridgehead atoms. The van der Waals surface area contributed by atoms with Gasteiger partial charge in [0.25, 0.3) is 5.91 Å². The van der Waals surface area contributed by atoms with Crippen molar-refractivity contribution in [3.63, 3.8) is 0 Å². The molecule has 0 unspecified atom stereocenters. The summed E-state index contributed by atoms with van der Waals surface area (Å²) < 4.78 is 0.979. The van der Waals surface area contributed by atoms with Crippen LogP contribution in [0.15, 0.2) is 28.7 Å². The molecule has 2 rings (SSSR count). The first-order chi connectivity index (χ1) is 9.97. The molecule has 1 aromatic rings. The quantitative estimate of drug-likeness (QED) is 0.738. The summed E-state index contributed by atoms with van der Waals surface area (Å²) in [6.45, 7) is 3.54. The molecule has 21 heavy (non-hydrogen) atoms. The van der Waals surface area contributed by atoms with Crippen LogP contribution in [0.2, 0.25) is 0 Å². The molecule has 5 nitrogen and oxygen atoms in total. The first kappa shape index (κ1) is 16.0. The number of nitrogens with two attached hydrogens (primary N) is 1. The van der Waals surface area contributed by atoms with Crippen molar-refractivity contribution in [1.82, 2.24) is 0 Å². The van der Waals surface area contributed by atoms with E-state index in [4.69, 9.17) is 5.73 Å². The number of likely N-dealkylation sites (tertiary alicyclic amines) is 1. The fourth-order valence-corrected chi connectivity index (χ4v) is 2.94. The number of nitrogens with one attached hydrogen (secondary N) is 2. The molecule has 0 aliphatic carbocycles. The maximum Gasteiger partial charge on any atom is 0.282 e. The summed E-state index contributed by atoms with van der Waals surface area (Å²) in [4.78, 5) is 24.7. The van der Waals surface area contributed by atoms with Crippen molar-refractivity contribution in [2.24, 2.45) is 11.7 Å². The Morgan fingerprint density at radius 2 is 1.86 bits per heavy atom. The van der Waals surface area contributed by atoms with Crippen LogP contribution in [0.4, 0.5) is 5.69 Å². The molecule has 2 amide bonds. The second-order valence-electron chi connectivity index (χ2n) is 5.55. The Kier molecular flexibility index (Phi) is 5.36. The third-order valence-electron chi connectivity index (χ3n) is 4.15. The minimum Gasteiger partial charge on any atom is -0.369 e. The first-order valence-electron chi connectivity index (χ1n) is 7.17. The fraction of sp³-hybridized carbons (Fsp3) is 0.467. The Balaban J connectivity index is 1.88. The van der Waals surface area contributed by atoms with Gasteiger partial charge < -0.3 is 16.0 Å². The van der Waals surface area contributed by atoms with Gasteiger partial charge in [-0.15, -0.1) is 0 Å². The number of anilines is 1. The van der Waals surface area contributed by atoms with Crippen molar-refractivity contribution in [2.45, 2.75) is 25.8 Å². The lowest BCUT2D eigenvalue weighted by Crippen LogP contribution is -3.17. The second kappa shape index (κ2) is 7.04. The van der Waals surface area contributed by atoms with E-state index in [2.05, 4.69) is 21.2 Å². The number of hydrogen-bond acceptors (Lipinski definition) is 2. The third kappa shape index (κ3) is 4.28. The molecular weight excluding hydrogens is 334 g/mol. The number of primary amides is 1. The molecule has 0 radical (unpaired) electrons. The zero-order valence-corrected chi connectivity index (χ0v) is 13.7. The Morgan fingerprint density at radius 1 is 1.29 bits per heavy atom. The highest BCUT2D eigenvalue weighted by Crippen LogP contribution is 2.14. The number of hydrogen-bond donors (Lipinski definition) is 3. The van der Waals surface area contributed by atoms with Gasteiger partial charge >= 0.3 is 0 Å². The topological polar surface area (TPSA) is 76.6 Å². The van der Waals surface area contributed by atoms with Gasteiger partial charge in [0, 0.05) is 28.9 Å². The number of benzene rings is 1. The molecule has 4 N–H and O–H groups in total. The predicted molar refractivity (Wildman–Crippen MR) is 84.8 cm³/mol. The lowest BCUT2D eigenvalue weighted by molar-refractivity contribution is -0.919. The average Bonchev–Trinajstić information content (AvgIpc) is 2.49. The number of piperidine rings is 1. The summed E-state index contributed by atoms with van der Waals surface area (Å²) in [6, 6.07) is 7.38. The molecule has 114 valence electrons. The van der Waals surface area contributed by atoms with Gasteiger partial charge in [-0.05, 0) is 31.2 Å². The highest BCUT2D eigenvalue weighted by atomic mass is 79.9. The first-order valence-corrected chi connectivity index (χ1v) is 7.97. The third-order valence-corrected chi connectivity index (χ3v) is 4.68. The smallest absolute Gasteiger partial charge is 0.282 e. The van der Waals surface area contributed by atoms with E-state index < -0.39 is 0 Å². The molecule has 1 aromatic carbocycles. The van der Waals surface area contributed by atoms with Crippen LogP contribution < -0.4 is 16.0 Å². The van der Waals surface area contributed by atoms with Crippen molar-refractivity contribution in [3.8, 4) is 0 Å². The maximum absolute atomic E-state index is 12.3. The number of halogens is 1. The summed E-state index contributed by atoms with van der Waals surface area (Å²) in [5.41, 5.74) is 6.12. The zero-order chi connectivity index (χ0) is 15.4. The normalized spacial score (nSPS) is 23.3. The Labute approximate surface area is 133 Å². The molecule has 1 atom stereocenters. The van der Waals surface area contributed by atoms with Crippen LogP contribution >= 0.6 is 15.9 Å². The highest BCUT2D eigenvalue weighted by molar-refractivity contribution is 9.10. The van der Waals surface area contributed by atoms with Crippen molar-refractivity contribution < 1.29 is 14.5 Å². The fourth-order valence-electron chi connectivity index (χ4n) is 2.68. The van der Waals surface area contributed by atoms with Gasteiger partial charge in [0.15, 0.2) is 6.04 Å². The van der Waals surface area contributed by atoms with E-state index >= 15 is 0 Å². The minimum absolute atomic E-state index is 0.00449. The maximum atomic E-state index is 12.3. The van der Waals surface area contributed by atoms with Gasteiger partial charge in [-0.25, -0.2) is 0 Å². The van der Waals surface area contributed by atoms with Crippen LogP contribution in [0.1, 0.15) is 19.8 Å². The summed E-state index contributed by atoms with van der Waals surface area (Å²) >= 11 is 3.37. The summed E-state index contributed by atoms with van der Waals surface area (Å²) in [6.07, 6.45) is 1.53. The molecule has 1 aliphatic heterocycles. The van der Waals surface area contributed by atoms with E-state index in [0.717, 1.165) is 36.1 Å². The van der Waals surface area contributed by atoms with E-state index in [1.54, 1.807) is 0 Å². The van der Waals surface area contributed by atoms with Crippen molar-refractivity contribution >= 4 is 33.4 Å². The molecule has 0 aromatic heterocycles. The summed E-state index contributed by atoms with van der Waals surface area (Å²) in [5, 5.41) is 2.93. The van der Waals surface area contributed by atoms with Gasteiger partial charge in [0.05, 0.1) is 13.1 Å². The van der Waals surface area contributed by atoms with Crippen molar-refractivity contribution in [2.75, 3.05) is 18.4 Å². The van der Waals surface area contributed by atoms with E-state index in [1.807, 2.05) is 31.2 Å². The molecular formula is C15H21BrN3O2+. The largest absolute Gasteiger partial charge is 0.369 e. The lowest BCUT2D eigenvalue weighted by atomic mass is 9.95. The lowest BCUT2D eigenvalue weighted by Gasteiger charge is -2.31. The van der Waals surface area contributed by atoms with Gasteiger partial charge in [-0.2, -0.15) is 0 Å². The van der Waals surface area contributed by atoms with Crippen LogP contribution in [0.5, 0.6) is 0 Å². The van der Waals surface area contributed by atoms with Crippen molar-refractivity contribution in [3.05, 3.63) is 28.7 Å². The SMILES string of the molecule is C[C@@H](C(=O)Nc1ccc(Br)cc1)[NH+]1CCC(C(N)=O)CC1. The summed E-state index contributed by atoms with van der Waals surface area (Å²) in [5.74, 6) is -0.249. The van der Waals surface area contributed by atoms with E-state index in [-0.39, 0.29) is 23.8 Å². The van der Waals surface area contributed by atoms with Gasteiger partial charge in [0.1, 0.15) is 0 Å². The number of amides is 2. The van der Waals surface area contributed by atoms with Crippen molar-refractivity contribution in [1.29, 1.82) is 0 Å². The van der Waals surface area contributed by atoms with Gasteiger partial charge in [-0.3, -0.25) is 9.59 Å². The Bertz CT molecular complexity index is 510. The molecule has 6 heteroatoms. The van der Waals surface area contributed by atoms with Crippen LogP contribution in [-0.2, 0) is 9.59 Å².